The summed E-state index contributed by atoms with van der Waals surface area (Å²) in [5.74, 6) is -0.578. The number of hydrogen-bond acceptors (Lipinski definition) is 2. The Morgan fingerprint density at radius 2 is 1.24 bits per heavy atom. The highest BCUT2D eigenvalue weighted by atomic mass is 16.4. The molecule has 4 nitrogen and oxygen atoms in total. The summed E-state index contributed by atoms with van der Waals surface area (Å²) in [5, 5.41) is 18.1. The predicted octanol–water partition coefficient (Wildman–Crippen LogP) is 5.69. The molecule has 144 valence electrons. The first-order valence-electron chi connectivity index (χ1n) is 9.54. The van der Waals surface area contributed by atoms with Gasteiger partial charge in [0.05, 0.1) is 0 Å². The van der Waals surface area contributed by atoms with Gasteiger partial charge in [-0.15, -0.1) is 0 Å². The number of carbonyl (C=O) groups is 2. The summed E-state index contributed by atoms with van der Waals surface area (Å²) < 4.78 is 0. The lowest BCUT2D eigenvalue weighted by molar-refractivity contribution is -0.133. The number of allylic oxidation sites excluding steroid dienone is 2. The van der Waals surface area contributed by atoms with E-state index in [2.05, 4.69) is 20.8 Å². The molecule has 0 aliphatic heterocycles. The van der Waals surface area contributed by atoms with Crippen LogP contribution in [0.25, 0.3) is 0 Å². The number of aliphatic carboxylic acids is 2. The van der Waals surface area contributed by atoms with E-state index in [-0.39, 0.29) is 0 Å². The highest BCUT2D eigenvalue weighted by molar-refractivity contribution is 5.86. The van der Waals surface area contributed by atoms with Crippen LogP contribution in [0.15, 0.2) is 23.3 Å². The first-order chi connectivity index (χ1) is 11.7. The summed E-state index contributed by atoms with van der Waals surface area (Å²) in [6, 6.07) is 0. The van der Waals surface area contributed by atoms with Crippen LogP contribution in [0.3, 0.4) is 0 Å². The van der Waals surface area contributed by atoms with Gasteiger partial charge in [-0.1, -0.05) is 52.2 Å². The minimum atomic E-state index is -0.842. The molecule has 0 bridgehead atoms. The maximum absolute atomic E-state index is 11.0. The summed E-state index contributed by atoms with van der Waals surface area (Å²) in [5.41, 5.74) is 0.851. The number of carboxylic acid groups (broad SMARTS) is 2. The van der Waals surface area contributed by atoms with Crippen molar-refractivity contribution in [3.63, 3.8) is 0 Å². The minimum absolute atomic E-state index is 0.303. The van der Waals surface area contributed by atoms with Crippen molar-refractivity contribution in [3.8, 4) is 0 Å². The number of hydrogen-bond donors (Lipinski definition) is 2. The number of carboxylic acids is 2. The maximum atomic E-state index is 11.0. The van der Waals surface area contributed by atoms with Crippen LogP contribution in [0.4, 0.5) is 0 Å². The minimum Gasteiger partial charge on any atom is -0.478 e. The quantitative estimate of drug-likeness (QED) is 0.418. The van der Waals surface area contributed by atoms with E-state index in [1.54, 1.807) is 13.8 Å². The summed E-state index contributed by atoms with van der Waals surface area (Å²) in [6.07, 6.45) is 10.9. The highest BCUT2D eigenvalue weighted by Gasteiger charge is 2.15. The molecular weight excluding hydrogens is 316 g/mol. The highest BCUT2D eigenvalue weighted by Crippen LogP contribution is 2.26. The Bertz CT molecular complexity index is 476. The van der Waals surface area contributed by atoms with E-state index >= 15 is 0 Å². The van der Waals surface area contributed by atoms with Gasteiger partial charge in [-0.05, 0) is 57.3 Å². The van der Waals surface area contributed by atoms with Gasteiger partial charge in [-0.3, -0.25) is 0 Å². The van der Waals surface area contributed by atoms with Crippen LogP contribution in [-0.2, 0) is 9.59 Å². The molecule has 0 aliphatic rings. The third kappa shape index (κ3) is 10.8. The molecule has 4 heteroatoms. The van der Waals surface area contributed by atoms with E-state index in [1.807, 2.05) is 12.2 Å². The van der Waals surface area contributed by atoms with Crippen LogP contribution >= 0.6 is 0 Å². The number of rotatable bonds is 13. The molecule has 0 heterocycles. The molecule has 2 N–H and O–H groups in total. The summed E-state index contributed by atoms with van der Waals surface area (Å²) in [6.45, 7) is 9.77. The molecule has 0 aromatic rings. The Labute approximate surface area is 153 Å². The Kier molecular flexibility index (Phi) is 11.9. The van der Waals surface area contributed by atoms with Crippen molar-refractivity contribution in [2.75, 3.05) is 0 Å². The molecule has 0 saturated heterocycles. The third-order valence-corrected chi connectivity index (χ3v) is 4.70. The van der Waals surface area contributed by atoms with E-state index in [0.29, 0.717) is 28.9 Å². The lowest BCUT2D eigenvalue weighted by Crippen LogP contribution is -2.09. The summed E-state index contributed by atoms with van der Waals surface area (Å²) in [7, 11) is 0. The second-order valence-electron chi connectivity index (χ2n) is 7.33. The van der Waals surface area contributed by atoms with E-state index in [9.17, 15) is 9.59 Å². The second kappa shape index (κ2) is 12.7. The van der Waals surface area contributed by atoms with Crippen LogP contribution < -0.4 is 0 Å². The molecule has 0 fully saturated rings. The first kappa shape index (κ1) is 23.4. The normalized spacial score (nSPS) is 16.4. The van der Waals surface area contributed by atoms with Gasteiger partial charge < -0.3 is 10.2 Å². The first-order valence-corrected chi connectivity index (χ1v) is 9.54. The average molecular weight is 353 g/mol. The van der Waals surface area contributed by atoms with Crippen molar-refractivity contribution >= 4 is 11.9 Å². The van der Waals surface area contributed by atoms with Crippen molar-refractivity contribution in [1.82, 2.24) is 0 Å². The van der Waals surface area contributed by atoms with E-state index in [1.165, 1.54) is 0 Å². The van der Waals surface area contributed by atoms with Gasteiger partial charge in [-0.25, -0.2) is 9.59 Å². The van der Waals surface area contributed by atoms with Gasteiger partial charge in [0.2, 0.25) is 0 Å². The van der Waals surface area contributed by atoms with Gasteiger partial charge in [0, 0.05) is 11.1 Å². The molecule has 0 rings (SSSR count). The topological polar surface area (TPSA) is 74.6 Å². The molecular formula is C21H36O4. The molecule has 0 aromatic heterocycles. The van der Waals surface area contributed by atoms with Crippen molar-refractivity contribution < 1.29 is 19.8 Å². The summed E-state index contributed by atoms with van der Waals surface area (Å²) in [4.78, 5) is 22.1. The predicted molar refractivity (Wildman–Crippen MR) is 103 cm³/mol. The average Bonchev–Trinajstić information content (AvgIpc) is 2.52. The smallest absolute Gasteiger partial charge is 0.330 e. The molecule has 25 heavy (non-hydrogen) atoms. The van der Waals surface area contributed by atoms with Crippen molar-refractivity contribution in [2.45, 2.75) is 79.6 Å². The molecule has 3 unspecified atom stereocenters. The monoisotopic (exact) mass is 352 g/mol. The van der Waals surface area contributed by atoms with Gasteiger partial charge in [0.25, 0.3) is 0 Å². The zero-order valence-electron chi connectivity index (χ0n) is 16.5. The largest absolute Gasteiger partial charge is 0.478 e. The van der Waals surface area contributed by atoms with Gasteiger partial charge >= 0.3 is 11.9 Å². The van der Waals surface area contributed by atoms with Crippen molar-refractivity contribution in [2.24, 2.45) is 17.8 Å². The molecule has 3 atom stereocenters. The van der Waals surface area contributed by atoms with Crippen molar-refractivity contribution in [3.05, 3.63) is 23.3 Å². The van der Waals surface area contributed by atoms with E-state index < -0.39 is 11.9 Å². The van der Waals surface area contributed by atoms with Crippen LogP contribution in [0, 0.1) is 17.8 Å². The third-order valence-electron chi connectivity index (χ3n) is 4.70. The van der Waals surface area contributed by atoms with Crippen LogP contribution in [0.2, 0.25) is 0 Å². The zero-order valence-corrected chi connectivity index (χ0v) is 16.5. The fraction of sp³-hybridized carbons (Fsp3) is 0.714. The SMILES string of the molecule is CCCC(C=C(C)C(=O)O)CCC(C)CC(C=C(C)C(=O)O)CCC. The Morgan fingerprint density at radius 1 is 0.800 bits per heavy atom. The molecule has 0 saturated carbocycles. The molecule has 0 aliphatic carbocycles. The fourth-order valence-corrected chi connectivity index (χ4v) is 3.30. The zero-order chi connectivity index (χ0) is 19.4. The van der Waals surface area contributed by atoms with Gasteiger partial charge in [-0.2, -0.15) is 0 Å². The van der Waals surface area contributed by atoms with Crippen molar-refractivity contribution in [1.29, 1.82) is 0 Å². The van der Waals surface area contributed by atoms with Crippen LogP contribution in [-0.4, -0.2) is 22.2 Å². The molecule has 0 aromatic carbocycles. The summed E-state index contributed by atoms with van der Waals surface area (Å²) >= 11 is 0. The maximum Gasteiger partial charge on any atom is 0.330 e. The molecule has 0 radical (unpaired) electrons. The van der Waals surface area contributed by atoms with Crippen LogP contribution in [0.1, 0.15) is 79.6 Å². The van der Waals surface area contributed by atoms with E-state index in [4.69, 9.17) is 10.2 Å². The Morgan fingerprint density at radius 3 is 1.68 bits per heavy atom. The second-order valence-corrected chi connectivity index (χ2v) is 7.33. The lowest BCUT2D eigenvalue weighted by Gasteiger charge is -2.20. The Balaban J connectivity index is 4.73. The molecule has 0 amide bonds. The molecule has 0 spiro atoms. The lowest BCUT2D eigenvalue weighted by atomic mass is 9.85. The standard InChI is InChI=1S/C21H36O4/c1-6-8-18(13-16(4)20(22)23)11-10-15(3)12-19(9-7-2)14-17(5)21(24)25/h13-15,18-19H,6-12H2,1-5H3,(H,22,23)(H,24,25). The van der Waals surface area contributed by atoms with Gasteiger partial charge in [0.15, 0.2) is 0 Å². The Hall–Kier alpha value is -1.58. The van der Waals surface area contributed by atoms with Crippen LogP contribution in [0.5, 0.6) is 0 Å². The van der Waals surface area contributed by atoms with Gasteiger partial charge in [0.1, 0.15) is 0 Å². The fourth-order valence-electron chi connectivity index (χ4n) is 3.30. The van der Waals surface area contributed by atoms with E-state index in [0.717, 1.165) is 44.9 Å².